The molecular formula is C45H36N4O2Pt. The van der Waals surface area contributed by atoms with Crippen LogP contribution in [0, 0.1) is 32.9 Å². The molecule has 4 heterocycles. The van der Waals surface area contributed by atoms with Crippen LogP contribution >= 0.6 is 0 Å². The third kappa shape index (κ3) is 5.53. The van der Waals surface area contributed by atoms with Crippen molar-refractivity contribution in [2.45, 2.75) is 47.0 Å². The van der Waals surface area contributed by atoms with Crippen LogP contribution in [0.25, 0.3) is 66.6 Å². The molecule has 0 amide bonds. The zero-order valence-corrected chi connectivity index (χ0v) is 32.1. The first-order valence-corrected chi connectivity index (χ1v) is 17.2. The number of nitrogens with zero attached hydrogens (tertiary/aromatic N) is 4. The number of rotatable bonds is 5. The predicted octanol–water partition coefficient (Wildman–Crippen LogP) is 11.5. The molecule has 9 rings (SSSR count). The molecule has 52 heavy (non-hydrogen) atoms. The Bertz CT molecular complexity index is 2790. The molecule has 0 saturated carbocycles. The summed E-state index contributed by atoms with van der Waals surface area (Å²) in [4.78, 5) is 9.69. The summed E-state index contributed by atoms with van der Waals surface area (Å²) in [6.07, 6.45) is 5.73. The van der Waals surface area contributed by atoms with E-state index in [9.17, 15) is 0 Å². The minimum atomic E-state index is -0.0290. The minimum absolute atomic E-state index is 0. The van der Waals surface area contributed by atoms with Gasteiger partial charge in [0.05, 0.1) is 17.2 Å². The van der Waals surface area contributed by atoms with Gasteiger partial charge in [-0.25, -0.2) is 4.98 Å². The van der Waals surface area contributed by atoms with E-state index in [0.717, 1.165) is 61.1 Å². The molecule has 258 valence electrons. The van der Waals surface area contributed by atoms with Gasteiger partial charge < -0.3 is 18.3 Å². The van der Waals surface area contributed by atoms with Crippen LogP contribution in [0.2, 0.25) is 0 Å². The fourth-order valence-corrected chi connectivity index (χ4v) is 7.45. The van der Waals surface area contributed by atoms with Crippen molar-refractivity contribution < 1.29 is 30.2 Å². The van der Waals surface area contributed by atoms with E-state index < -0.39 is 0 Å². The number of aromatic nitrogens is 4. The monoisotopic (exact) mass is 859 g/mol. The third-order valence-electron chi connectivity index (χ3n) is 9.74. The van der Waals surface area contributed by atoms with Crippen LogP contribution in [0.1, 0.15) is 43.0 Å². The summed E-state index contributed by atoms with van der Waals surface area (Å²) in [5.41, 5.74) is 10.0. The van der Waals surface area contributed by atoms with Crippen LogP contribution in [0.5, 0.6) is 11.5 Å². The van der Waals surface area contributed by atoms with Crippen molar-refractivity contribution in [1.82, 2.24) is 19.1 Å². The number of fused-ring (bicyclic) bond motifs is 6. The largest absolute Gasteiger partial charge is 2.00 e. The van der Waals surface area contributed by atoms with Gasteiger partial charge in [0, 0.05) is 40.9 Å². The van der Waals surface area contributed by atoms with Crippen molar-refractivity contribution in [3.8, 4) is 34.4 Å². The maximum absolute atomic E-state index is 6.77. The van der Waals surface area contributed by atoms with E-state index in [2.05, 4.69) is 130 Å². The molecule has 7 heteroatoms. The van der Waals surface area contributed by atoms with E-state index in [4.69, 9.17) is 19.1 Å². The fraction of sp³-hybridized carbons (Fsp3) is 0.156. The smallest absolute Gasteiger partial charge is 0.499 e. The van der Waals surface area contributed by atoms with Crippen molar-refractivity contribution in [2.75, 3.05) is 0 Å². The van der Waals surface area contributed by atoms with Gasteiger partial charge in [0.15, 0.2) is 0 Å². The molecule has 5 aromatic carbocycles. The van der Waals surface area contributed by atoms with E-state index in [1.807, 2.05) is 42.9 Å². The summed E-state index contributed by atoms with van der Waals surface area (Å²) >= 11 is 0. The summed E-state index contributed by atoms with van der Waals surface area (Å²) < 4.78 is 17.5. The van der Waals surface area contributed by atoms with Crippen LogP contribution in [0.15, 0.2) is 114 Å². The van der Waals surface area contributed by atoms with Crippen LogP contribution < -0.4 is 4.74 Å². The van der Waals surface area contributed by atoms with Crippen molar-refractivity contribution >= 4 is 43.7 Å². The number of aryl methyl sites for hydroxylation is 3. The molecular weight excluding hydrogens is 824 g/mol. The van der Waals surface area contributed by atoms with Gasteiger partial charge in [-0.1, -0.05) is 91.8 Å². The van der Waals surface area contributed by atoms with E-state index in [-0.39, 0.29) is 26.5 Å². The fourth-order valence-electron chi connectivity index (χ4n) is 7.45. The second kappa shape index (κ2) is 12.6. The number of para-hydroxylation sites is 2. The van der Waals surface area contributed by atoms with Crippen molar-refractivity contribution in [2.24, 2.45) is 0 Å². The SMILES string of the molecule is Cc1cc(C)c(-n2ccnc2-c2[c-]c(Oc3[c-]c4c(cc3)c3ccccc3n4-c3cc(C(C)(C)C)ccn3)c3oc4ccccc4c3c2)c(C)c1.[Pt+2]. The first kappa shape index (κ1) is 33.7. The molecule has 4 aromatic heterocycles. The number of hydrogen-bond acceptors (Lipinski definition) is 4. The predicted molar refractivity (Wildman–Crippen MR) is 206 cm³/mol. The maximum atomic E-state index is 6.77. The summed E-state index contributed by atoms with van der Waals surface area (Å²) in [5.74, 6) is 2.62. The summed E-state index contributed by atoms with van der Waals surface area (Å²) in [5, 5.41) is 4.12. The normalized spacial score (nSPS) is 11.9. The first-order chi connectivity index (χ1) is 24.6. The van der Waals surface area contributed by atoms with E-state index in [0.29, 0.717) is 17.1 Å². The van der Waals surface area contributed by atoms with E-state index in [1.165, 1.54) is 22.3 Å². The van der Waals surface area contributed by atoms with E-state index >= 15 is 0 Å². The van der Waals surface area contributed by atoms with Gasteiger partial charge in [-0.15, -0.1) is 29.1 Å². The number of imidazole rings is 1. The molecule has 0 atom stereocenters. The summed E-state index contributed by atoms with van der Waals surface area (Å²) in [7, 11) is 0. The average Bonchev–Trinajstić information content (AvgIpc) is 3.82. The minimum Gasteiger partial charge on any atom is -0.499 e. The van der Waals surface area contributed by atoms with Gasteiger partial charge in [-0.3, -0.25) is 4.98 Å². The number of hydrogen-bond donors (Lipinski definition) is 0. The number of pyridine rings is 1. The Morgan fingerprint density at radius 3 is 2.27 bits per heavy atom. The van der Waals surface area contributed by atoms with Gasteiger partial charge in [-0.2, -0.15) is 6.07 Å². The molecule has 0 aliphatic rings. The standard InChI is InChI=1S/C45H36N4O2.Pt/c1-27-21-28(2)42(29(3)22-27)48-20-19-47-44(48)30-23-36-35-12-8-10-14-39(35)51-43(36)40(24-30)50-32-15-16-34-33-11-7-9-13-37(33)49(38(34)26-32)41-25-31(17-18-46-41)45(4,5)6;/h7-23,25H,1-6H3;/q-2;+2. The number of furan rings is 1. The summed E-state index contributed by atoms with van der Waals surface area (Å²) in [6.45, 7) is 13.1. The Morgan fingerprint density at radius 2 is 1.48 bits per heavy atom. The van der Waals surface area contributed by atoms with Gasteiger partial charge in [0.2, 0.25) is 0 Å². The van der Waals surface area contributed by atoms with Gasteiger partial charge in [0.1, 0.15) is 11.4 Å². The molecule has 0 saturated heterocycles. The Morgan fingerprint density at radius 1 is 0.731 bits per heavy atom. The zero-order valence-electron chi connectivity index (χ0n) is 29.8. The van der Waals surface area contributed by atoms with E-state index in [1.54, 1.807) is 0 Å². The zero-order chi connectivity index (χ0) is 35.0. The second-order valence-corrected chi connectivity index (χ2v) is 14.4. The topological polar surface area (TPSA) is 58.0 Å². The van der Waals surface area contributed by atoms with Crippen molar-refractivity contribution in [1.29, 1.82) is 0 Å². The molecule has 0 N–H and O–H groups in total. The van der Waals surface area contributed by atoms with Gasteiger partial charge >= 0.3 is 21.1 Å². The summed E-state index contributed by atoms with van der Waals surface area (Å²) in [6, 6.07) is 38.5. The molecule has 0 aliphatic carbocycles. The molecule has 6 nitrogen and oxygen atoms in total. The van der Waals surface area contributed by atoms with Crippen molar-refractivity contribution in [3.05, 3.63) is 144 Å². The number of ether oxygens (including phenoxy) is 1. The Balaban J connectivity index is 0.00000387. The first-order valence-electron chi connectivity index (χ1n) is 17.2. The van der Waals surface area contributed by atoms with Gasteiger partial charge in [-0.05, 0) is 72.5 Å². The molecule has 0 bridgehead atoms. The maximum Gasteiger partial charge on any atom is 2.00 e. The molecule has 0 fully saturated rings. The number of benzene rings is 5. The Labute approximate surface area is 317 Å². The van der Waals surface area contributed by atoms with Gasteiger partial charge in [0.25, 0.3) is 0 Å². The molecule has 0 spiro atoms. The third-order valence-corrected chi connectivity index (χ3v) is 9.74. The average molecular weight is 860 g/mol. The molecule has 0 unspecified atom stereocenters. The van der Waals surface area contributed by atoms with Crippen LogP contribution in [0.4, 0.5) is 0 Å². The van der Waals surface area contributed by atoms with Crippen molar-refractivity contribution in [3.63, 3.8) is 0 Å². The van der Waals surface area contributed by atoms with Crippen LogP contribution in [0.3, 0.4) is 0 Å². The molecule has 0 radical (unpaired) electrons. The van der Waals surface area contributed by atoms with Crippen LogP contribution in [-0.2, 0) is 26.5 Å². The second-order valence-electron chi connectivity index (χ2n) is 14.4. The quantitative estimate of drug-likeness (QED) is 0.162. The molecule has 9 aromatic rings. The Hall–Kier alpha value is -5.45. The Kier molecular flexibility index (Phi) is 8.19. The molecule has 0 aliphatic heterocycles. The van der Waals surface area contributed by atoms with Crippen LogP contribution in [-0.4, -0.2) is 19.1 Å².